The molecule has 1 aliphatic carbocycles. The van der Waals surface area contributed by atoms with Gasteiger partial charge in [0.05, 0.1) is 17.6 Å². The van der Waals surface area contributed by atoms with Gasteiger partial charge in [0.1, 0.15) is 0 Å². The van der Waals surface area contributed by atoms with Crippen LogP contribution in [-0.2, 0) is 11.3 Å². The third-order valence-electron chi connectivity index (χ3n) is 4.39. The number of rotatable bonds is 4. The Labute approximate surface area is 108 Å². The highest BCUT2D eigenvalue weighted by molar-refractivity contribution is 5.85. The smallest absolute Gasteiger partial charge is 0.237 e. The van der Waals surface area contributed by atoms with Crippen molar-refractivity contribution in [1.82, 2.24) is 9.55 Å². The molecule has 0 aliphatic heterocycles. The summed E-state index contributed by atoms with van der Waals surface area (Å²) in [6.45, 7) is 4.91. The van der Waals surface area contributed by atoms with Crippen molar-refractivity contribution in [3.63, 3.8) is 0 Å². The van der Waals surface area contributed by atoms with Crippen LogP contribution in [-0.4, -0.2) is 21.0 Å². The molecule has 18 heavy (non-hydrogen) atoms. The Balaban J connectivity index is 2.02. The molecule has 2 atom stereocenters. The van der Waals surface area contributed by atoms with Gasteiger partial charge in [0.2, 0.25) is 5.91 Å². The molecule has 5 heteroatoms. The van der Waals surface area contributed by atoms with E-state index in [2.05, 4.69) is 16.5 Å². The molecule has 2 rings (SSSR count). The highest BCUT2D eigenvalue weighted by atomic mass is 16.1. The summed E-state index contributed by atoms with van der Waals surface area (Å²) >= 11 is 0. The molecule has 1 fully saturated rings. The second kappa shape index (κ2) is 4.72. The van der Waals surface area contributed by atoms with Crippen LogP contribution in [0.15, 0.2) is 6.33 Å². The molecule has 0 spiro atoms. The lowest BCUT2D eigenvalue weighted by Crippen LogP contribution is -2.54. The lowest BCUT2D eigenvalue weighted by molar-refractivity contribution is -0.124. The van der Waals surface area contributed by atoms with Gasteiger partial charge in [-0.3, -0.25) is 4.79 Å². The summed E-state index contributed by atoms with van der Waals surface area (Å²) in [4.78, 5) is 15.8. The van der Waals surface area contributed by atoms with Gasteiger partial charge in [-0.2, -0.15) is 0 Å². The maximum Gasteiger partial charge on any atom is 0.237 e. The quantitative estimate of drug-likeness (QED) is 0.831. The van der Waals surface area contributed by atoms with Gasteiger partial charge in [-0.15, -0.1) is 0 Å². The normalized spacial score (nSPS) is 27.6. The predicted octanol–water partition coefficient (Wildman–Crippen LogP) is 0.873. The van der Waals surface area contributed by atoms with Crippen molar-refractivity contribution in [2.24, 2.45) is 17.4 Å². The van der Waals surface area contributed by atoms with Gasteiger partial charge in [0.15, 0.2) is 0 Å². The topological polar surface area (TPSA) is 86.9 Å². The number of aromatic nitrogens is 2. The van der Waals surface area contributed by atoms with E-state index < -0.39 is 5.54 Å². The number of imidazole rings is 1. The number of primary amides is 1. The van der Waals surface area contributed by atoms with Gasteiger partial charge in [-0.05, 0) is 39.0 Å². The summed E-state index contributed by atoms with van der Waals surface area (Å²) in [6.07, 6.45) is 5.44. The van der Waals surface area contributed by atoms with Gasteiger partial charge in [-0.1, -0.05) is 6.42 Å². The Kier molecular flexibility index (Phi) is 3.43. The first-order valence-corrected chi connectivity index (χ1v) is 6.52. The molecule has 1 aromatic rings. The van der Waals surface area contributed by atoms with Gasteiger partial charge in [-0.25, -0.2) is 4.98 Å². The first-order valence-electron chi connectivity index (χ1n) is 6.52. The maximum absolute atomic E-state index is 11.5. The fourth-order valence-electron chi connectivity index (χ4n) is 2.89. The second-order valence-corrected chi connectivity index (χ2v) is 5.39. The summed E-state index contributed by atoms with van der Waals surface area (Å²) in [5, 5.41) is 0. The van der Waals surface area contributed by atoms with Crippen LogP contribution in [0.1, 0.15) is 37.1 Å². The molecular weight excluding hydrogens is 228 g/mol. The lowest BCUT2D eigenvalue weighted by Gasteiger charge is -2.28. The number of amides is 1. The monoisotopic (exact) mass is 250 g/mol. The lowest BCUT2D eigenvalue weighted by atomic mass is 9.85. The number of aryl methyl sites for hydroxylation is 2. The summed E-state index contributed by atoms with van der Waals surface area (Å²) in [5.41, 5.74) is 13.0. The highest BCUT2D eigenvalue weighted by Gasteiger charge is 2.43. The predicted molar refractivity (Wildman–Crippen MR) is 69.8 cm³/mol. The third kappa shape index (κ3) is 2.14. The number of hydrogen-bond donors (Lipinski definition) is 2. The van der Waals surface area contributed by atoms with E-state index in [0.717, 1.165) is 37.9 Å². The van der Waals surface area contributed by atoms with Crippen LogP contribution >= 0.6 is 0 Å². The van der Waals surface area contributed by atoms with Crippen LogP contribution < -0.4 is 11.5 Å². The Morgan fingerprint density at radius 1 is 1.61 bits per heavy atom. The van der Waals surface area contributed by atoms with Gasteiger partial charge in [0, 0.05) is 12.2 Å². The second-order valence-electron chi connectivity index (χ2n) is 5.39. The van der Waals surface area contributed by atoms with Crippen LogP contribution in [0.3, 0.4) is 0 Å². The van der Waals surface area contributed by atoms with E-state index in [1.54, 1.807) is 0 Å². The molecular formula is C13H22N4O. The molecule has 0 bridgehead atoms. The Hall–Kier alpha value is -1.36. The highest BCUT2D eigenvalue weighted by Crippen LogP contribution is 2.36. The van der Waals surface area contributed by atoms with E-state index in [-0.39, 0.29) is 11.8 Å². The Morgan fingerprint density at radius 3 is 2.89 bits per heavy atom. The minimum absolute atomic E-state index is 0.192. The average molecular weight is 250 g/mol. The molecule has 5 nitrogen and oxygen atoms in total. The maximum atomic E-state index is 11.5. The molecule has 0 radical (unpaired) electrons. The van der Waals surface area contributed by atoms with Crippen LogP contribution in [0.5, 0.6) is 0 Å². The van der Waals surface area contributed by atoms with E-state index in [4.69, 9.17) is 11.5 Å². The minimum atomic E-state index is -0.802. The third-order valence-corrected chi connectivity index (χ3v) is 4.39. The molecule has 0 saturated heterocycles. The van der Waals surface area contributed by atoms with Crippen molar-refractivity contribution in [2.75, 3.05) is 0 Å². The largest absolute Gasteiger partial charge is 0.368 e. The number of carbonyl (C=O) groups is 1. The van der Waals surface area contributed by atoms with Crippen LogP contribution in [0.4, 0.5) is 0 Å². The molecule has 4 N–H and O–H groups in total. The molecule has 0 aromatic carbocycles. The fraction of sp³-hybridized carbons (Fsp3) is 0.692. The minimum Gasteiger partial charge on any atom is -0.368 e. The molecule has 1 heterocycles. The zero-order chi connectivity index (χ0) is 13.3. The Morgan fingerprint density at radius 2 is 2.33 bits per heavy atom. The van der Waals surface area contributed by atoms with Crippen molar-refractivity contribution in [3.8, 4) is 0 Å². The van der Waals surface area contributed by atoms with Crippen molar-refractivity contribution < 1.29 is 4.79 Å². The van der Waals surface area contributed by atoms with Gasteiger partial charge < -0.3 is 16.0 Å². The van der Waals surface area contributed by atoms with Gasteiger partial charge in [0.25, 0.3) is 0 Å². The van der Waals surface area contributed by atoms with E-state index in [9.17, 15) is 4.79 Å². The van der Waals surface area contributed by atoms with E-state index in [0.29, 0.717) is 0 Å². The summed E-state index contributed by atoms with van der Waals surface area (Å²) in [6, 6.07) is 0. The molecule has 1 aliphatic rings. The van der Waals surface area contributed by atoms with Crippen molar-refractivity contribution in [1.29, 1.82) is 0 Å². The first kappa shape index (κ1) is 13.1. The van der Waals surface area contributed by atoms with Crippen molar-refractivity contribution in [3.05, 3.63) is 17.7 Å². The Bertz CT molecular complexity index is 454. The molecule has 100 valence electrons. The van der Waals surface area contributed by atoms with Crippen LogP contribution in [0.25, 0.3) is 0 Å². The number of nitrogens with zero attached hydrogens (tertiary/aromatic N) is 2. The molecule has 2 unspecified atom stereocenters. The molecule has 1 amide bonds. The summed E-state index contributed by atoms with van der Waals surface area (Å²) in [7, 11) is 0. The van der Waals surface area contributed by atoms with Crippen LogP contribution in [0, 0.1) is 19.8 Å². The van der Waals surface area contributed by atoms with Gasteiger partial charge >= 0.3 is 0 Å². The zero-order valence-electron chi connectivity index (χ0n) is 11.1. The number of carbonyl (C=O) groups excluding carboxylic acids is 1. The summed E-state index contributed by atoms with van der Waals surface area (Å²) in [5.74, 6) is -0.166. The number of hydrogen-bond acceptors (Lipinski definition) is 3. The van der Waals surface area contributed by atoms with Crippen molar-refractivity contribution in [2.45, 2.75) is 51.6 Å². The van der Waals surface area contributed by atoms with E-state index in [1.807, 2.05) is 13.3 Å². The fourth-order valence-corrected chi connectivity index (χ4v) is 2.89. The summed E-state index contributed by atoms with van der Waals surface area (Å²) < 4.78 is 2.12. The van der Waals surface area contributed by atoms with E-state index in [1.165, 1.54) is 5.69 Å². The first-order chi connectivity index (χ1) is 8.45. The zero-order valence-corrected chi connectivity index (χ0v) is 11.1. The standard InChI is InChI=1S/C13H22N4O/c1-9-10(2)17(8-16-9)7-5-11-4-3-6-13(11,15)12(14)18/h8,11H,3-7,15H2,1-2H3,(H2,14,18). The SMILES string of the molecule is Cc1ncn(CCC2CCCC2(N)C(N)=O)c1C. The number of nitrogens with two attached hydrogens (primary N) is 2. The van der Waals surface area contributed by atoms with Crippen LogP contribution in [0.2, 0.25) is 0 Å². The average Bonchev–Trinajstić information content (AvgIpc) is 2.84. The van der Waals surface area contributed by atoms with Crippen molar-refractivity contribution >= 4 is 5.91 Å². The molecule has 1 saturated carbocycles. The molecule has 1 aromatic heterocycles. The van der Waals surface area contributed by atoms with E-state index >= 15 is 0 Å².